The first-order valence-corrected chi connectivity index (χ1v) is 8.79. The largest absolute Gasteiger partial charge is 0.479 e. The number of rotatable bonds is 8. The normalized spacial score (nSPS) is 18.4. The van der Waals surface area contributed by atoms with Crippen LogP contribution in [0.2, 0.25) is 0 Å². The minimum atomic E-state index is -0.954. The first kappa shape index (κ1) is 19.2. The van der Waals surface area contributed by atoms with E-state index in [2.05, 4.69) is 0 Å². The summed E-state index contributed by atoms with van der Waals surface area (Å²) in [5.74, 6) is -0.721. The molecule has 25 heavy (non-hydrogen) atoms. The predicted octanol–water partition coefficient (Wildman–Crippen LogP) is 3.30. The maximum absolute atomic E-state index is 12.3. The van der Waals surface area contributed by atoms with Crippen LogP contribution in [-0.2, 0) is 20.9 Å². The first-order chi connectivity index (χ1) is 12.0. The molecule has 2 atom stereocenters. The van der Waals surface area contributed by atoms with Gasteiger partial charge in [0, 0.05) is 6.54 Å². The molecule has 1 aliphatic heterocycles. The third kappa shape index (κ3) is 6.05. The molecular weight excluding hydrogens is 322 g/mol. The summed E-state index contributed by atoms with van der Waals surface area (Å²) in [7, 11) is 0. The van der Waals surface area contributed by atoms with Gasteiger partial charge in [0.2, 0.25) is 0 Å². The predicted molar refractivity (Wildman–Crippen MR) is 93.2 cm³/mol. The zero-order valence-corrected chi connectivity index (χ0v) is 14.9. The van der Waals surface area contributed by atoms with E-state index in [1.165, 1.54) is 0 Å². The van der Waals surface area contributed by atoms with Crippen molar-refractivity contribution in [3.63, 3.8) is 0 Å². The zero-order valence-electron chi connectivity index (χ0n) is 14.9. The number of benzene rings is 1. The molecule has 0 aromatic heterocycles. The van der Waals surface area contributed by atoms with Crippen molar-refractivity contribution in [1.82, 2.24) is 4.90 Å². The van der Waals surface area contributed by atoms with Gasteiger partial charge in [-0.2, -0.15) is 0 Å². The summed E-state index contributed by atoms with van der Waals surface area (Å²) >= 11 is 0. The van der Waals surface area contributed by atoms with Gasteiger partial charge in [-0.15, -0.1) is 0 Å². The van der Waals surface area contributed by atoms with Gasteiger partial charge in [-0.25, -0.2) is 9.59 Å². The van der Waals surface area contributed by atoms with E-state index in [1.54, 1.807) is 4.90 Å². The molecule has 0 bridgehead atoms. The molecule has 6 heteroatoms. The quantitative estimate of drug-likeness (QED) is 0.779. The Morgan fingerprint density at radius 1 is 1.28 bits per heavy atom. The molecule has 0 aliphatic carbocycles. The van der Waals surface area contributed by atoms with Crippen molar-refractivity contribution in [1.29, 1.82) is 0 Å². The highest BCUT2D eigenvalue weighted by molar-refractivity contribution is 5.72. The van der Waals surface area contributed by atoms with Crippen LogP contribution >= 0.6 is 0 Å². The van der Waals surface area contributed by atoms with Gasteiger partial charge >= 0.3 is 12.1 Å². The Labute approximate surface area is 148 Å². The molecule has 2 rings (SSSR count). The monoisotopic (exact) mass is 349 g/mol. The lowest BCUT2D eigenvalue weighted by atomic mass is 10.1. The number of aliphatic carboxylic acids is 1. The maximum Gasteiger partial charge on any atom is 0.410 e. The second-order valence-electron chi connectivity index (χ2n) is 6.82. The highest BCUT2D eigenvalue weighted by atomic mass is 16.6. The molecular formula is C19H27NO5. The molecule has 1 aromatic rings. The smallest absolute Gasteiger partial charge is 0.410 e. The average Bonchev–Trinajstić information content (AvgIpc) is 3.05. The van der Waals surface area contributed by atoms with Crippen LogP contribution in [0.4, 0.5) is 4.79 Å². The average molecular weight is 349 g/mol. The van der Waals surface area contributed by atoms with Gasteiger partial charge in [-0.05, 0) is 30.7 Å². The fourth-order valence-corrected chi connectivity index (χ4v) is 2.95. The molecule has 1 aromatic carbocycles. The number of nitrogens with zero attached hydrogens (tertiary/aromatic N) is 1. The van der Waals surface area contributed by atoms with E-state index in [0.29, 0.717) is 13.0 Å². The highest BCUT2D eigenvalue weighted by Crippen LogP contribution is 2.20. The number of carbonyl (C=O) groups excluding carboxylic acids is 1. The molecule has 1 N–H and O–H groups in total. The summed E-state index contributed by atoms with van der Waals surface area (Å²) in [6, 6.07) is 9.39. The van der Waals surface area contributed by atoms with Crippen LogP contribution in [-0.4, -0.2) is 47.4 Å². The van der Waals surface area contributed by atoms with Crippen molar-refractivity contribution < 1.29 is 24.2 Å². The first-order valence-electron chi connectivity index (χ1n) is 8.79. The third-order valence-electron chi connectivity index (χ3n) is 4.27. The Hall–Kier alpha value is -2.08. The number of ether oxygens (including phenoxy) is 2. The van der Waals surface area contributed by atoms with Crippen molar-refractivity contribution >= 4 is 12.1 Å². The van der Waals surface area contributed by atoms with Crippen LogP contribution < -0.4 is 0 Å². The molecule has 0 radical (unpaired) electrons. The van der Waals surface area contributed by atoms with Gasteiger partial charge in [-0.1, -0.05) is 44.2 Å². The fourth-order valence-electron chi connectivity index (χ4n) is 2.95. The van der Waals surface area contributed by atoms with E-state index < -0.39 is 12.1 Å². The molecule has 1 fully saturated rings. The summed E-state index contributed by atoms with van der Waals surface area (Å²) in [6.45, 7) is 4.99. The lowest BCUT2D eigenvalue weighted by molar-refractivity contribution is -0.152. The minimum absolute atomic E-state index is 0.128. The van der Waals surface area contributed by atoms with E-state index in [0.717, 1.165) is 18.4 Å². The number of carboxylic acid groups (broad SMARTS) is 1. The molecule has 1 heterocycles. The molecule has 6 nitrogen and oxygen atoms in total. The topological polar surface area (TPSA) is 76.1 Å². The lowest BCUT2D eigenvalue weighted by Gasteiger charge is -2.25. The maximum atomic E-state index is 12.3. The highest BCUT2D eigenvalue weighted by Gasteiger charge is 2.31. The van der Waals surface area contributed by atoms with E-state index in [4.69, 9.17) is 9.47 Å². The molecule has 1 aliphatic rings. The van der Waals surface area contributed by atoms with Gasteiger partial charge in [0.15, 0.2) is 6.10 Å². The van der Waals surface area contributed by atoms with Crippen LogP contribution in [0.25, 0.3) is 0 Å². The lowest BCUT2D eigenvalue weighted by Crippen LogP contribution is -2.40. The Morgan fingerprint density at radius 3 is 2.64 bits per heavy atom. The van der Waals surface area contributed by atoms with Gasteiger partial charge in [0.05, 0.1) is 12.6 Å². The molecule has 1 saturated heterocycles. The van der Waals surface area contributed by atoms with Crippen LogP contribution in [0.1, 0.15) is 38.7 Å². The van der Waals surface area contributed by atoms with Crippen molar-refractivity contribution in [3.05, 3.63) is 35.9 Å². The van der Waals surface area contributed by atoms with Gasteiger partial charge in [-0.3, -0.25) is 0 Å². The Kier molecular flexibility index (Phi) is 7.25. The van der Waals surface area contributed by atoms with E-state index in [1.807, 2.05) is 44.2 Å². The summed E-state index contributed by atoms with van der Waals surface area (Å²) in [5, 5.41) is 9.25. The number of carboxylic acids is 1. The molecule has 0 saturated carbocycles. The summed E-state index contributed by atoms with van der Waals surface area (Å²) in [6.07, 6.45) is 0.930. The van der Waals surface area contributed by atoms with E-state index >= 15 is 0 Å². The molecule has 138 valence electrons. The number of amides is 1. The van der Waals surface area contributed by atoms with Crippen molar-refractivity contribution in [3.8, 4) is 0 Å². The second-order valence-corrected chi connectivity index (χ2v) is 6.82. The second kappa shape index (κ2) is 9.42. The third-order valence-corrected chi connectivity index (χ3v) is 4.27. The van der Waals surface area contributed by atoms with Gasteiger partial charge in [0.1, 0.15) is 6.61 Å². The molecule has 1 amide bonds. The van der Waals surface area contributed by atoms with Crippen LogP contribution in [0.5, 0.6) is 0 Å². The number of likely N-dealkylation sites (tertiary alicyclic amines) is 1. The SMILES string of the molecule is CC(C)CC(OC[C@@H]1CCCN1C(=O)OCc1ccccc1)C(=O)O. The number of carbonyl (C=O) groups is 2. The molecule has 0 spiro atoms. The summed E-state index contributed by atoms with van der Waals surface area (Å²) in [4.78, 5) is 25.3. The van der Waals surface area contributed by atoms with E-state index in [-0.39, 0.29) is 31.3 Å². The van der Waals surface area contributed by atoms with Crippen molar-refractivity contribution in [2.24, 2.45) is 5.92 Å². The number of hydrogen-bond acceptors (Lipinski definition) is 4. The van der Waals surface area contributed by atoms with Crippen LogP contribution in [0, 0.1) is 5.92 Å². The van der Waals surface area contributed by atoms with Gasteiger partial charge in [0.25, 0.3) is 0 Å². The van der Waals surface area contributed by atoms with Crippen LogP contribution in [0.15, 0.2) is 30.3 Å². The Morgan fingerprint density at radius 2 is 2.00 bits per heavy atom. The number of hydrogen-bond donors (Lipinski definition) is 1. The summed E-state index contributed by atoms with van der Waals surface area (Å²) < 4.78 is 11.0. The zero-order chi connectivity index (χ0) is 18.2. The Bertz CT molecular complexity index is 560. The fraction of sp³-hybridized carbons (Fsp3) is 0.579. The minimum Gasteiger partial charge on any atom is -0.479 e. The van der Waals surface area contributed by atoms with E-state index in [9.17, 15) is 14.7 Å². The van der Waals surface area contributed by atoms with Crippen molar-refractivity contribution in [2.75, 3.05) is 13.2 Å². The van der Waals surface area contributed by atoms with Gasteiger partial charge < -0.3 is 19.5 Å². The summed E-state index contributed by atoms with van der Waals surface area (Å²) in [5.41, 5.74) is 0.936. The van der Waals surface area contributed by atoms with Crippen LogP contribution in [0.3, 0.4) is 0 Å². The Balaban J connectivity index is 1.84. The van der Waals surface area contributed by atoms with Crippen molar-refractivity contribution in [2.45, 2.75) is 51.9 Å². The standard InChI is InChI=1S/C19H27NO5/c1-14(2)11-17(18(21)22)24-13-16-9-6-10-20(16)19(23)25-12-15-7-4-3-5-8-15/h3-5,7-8,14,16-17H,6,9-13H2,1-2H3,(H,21,22)/t16-,17?/m0/s1. The molecule has 1 unspecified atom stereocenters.